The van der Waals surface area contributed by atoms with E-state index in [-0.39, 0.29) is 28.3 Å². The molecular formula is C18H14N2O6S. The van der Waals surface area contributed by atoms with Crippen LogP contribution in [0.4, 0.5) is 5.69 Å². The Morgan fingerprint density at radius 2 is 2.07 bits per heavy atom. The Kier molecular flexibility index (Phi) is 4.75. The van der Waals surface area contributed by atoms with Gasteiger partial charge in [0.05, 0.1) is 30.9 Å². The van der Waals surface area contributed by atoms with E-state index in [0.717, 1.165) is 6.26 Å². The number of nitrogens with zero attached hydrogens (tertiary/aromatic N) is 1. The zero-order valence-electron chi connectivity index (χ0n) is 14.3. The molecule has 138 valence electrons. The molecule has 9 heteroatoms. The third-order valence-corrected chi connectivity index (χ3v) is 4.21. The lowest BCUT2D eigenvalue weighted by Crippen LogP contribution is -2.10. The molecule has 1 aromatic carbocycles. The van der Waals surface area contributed by atoms with E-state index in [1.54, 1.807) is 18.2 Å². The normalized spacial score (nSPS) is 15.6. The molecule has 0 bridgehead atoms. The van der Waals surface area contributed by atoms with Crippen LogP contribution in [0.5, 0.6) is 5.75 Å². The number of allylic oxidation sites excluding steroid dienone is 1. The van der Waals surface area contributed by atoms with E-state index >= 15 is 0 Å². The molecule has 1 N–H and O–H groups in total. The summed E-state index contributed by atoms with van der Waals surface area (Å²) in [6.07, 6.45) is 3.94. The van der Waals surface area contributed by atoms with Crippen molar-refractivity contribution in [1.29, 1.82) is 5.26 Å². The van der Waals surface area contributed by atoms with Crippen molar-refractivity contribution in [2.45, 2.75) is 0 Å². The Morgan fingerprint density at radius 1 is 1.30 bits per heavy atom. The molecular weight excluding hydrogens is 372 g/mol. The Hall–Kier alpha value is -3.51. The van der Waals surface area contributed by atoms with Crippen molar-refractivity contribution in [3.63, 3.8) is 0 Å². The predicted molar refractivity (Wildman–Crippen MR) is 96.8 cm³/mol. The third kappa shape index (κ3) is 3.86. The number of carbonyl (C=O) groups is 1. The van der Waals surface area contributed by atoms with Crippen LogP contribution in [0.25, 0.3) is 11.6 Å². The van der Waals surface area contributed by atoms with Gasteiger partial charge in [-0.2, -0.15) is 5.26 Å². The summed E-state index contributed by atoms with van der Waals surface area (Å²) in [6.45, 7) is 0. The fourth-order valence-corrected chi connectivity index (χ4v) is 3.12. The van der Waals surface area contributed by atoms with Crippen molar-refractivity contribution in [3.05, 3.63) is 59.3 Å². The van der Waals surface area contributed by atoms with Crippen LogP contribution >= 0.6 is 0 Å². The largest absolute Gasteiger partial charge is 0.495 e. The summed E-state index contributed by atoms with van der Waals surface area (Å²) >= 11 is 0. The molecule has 0 saturated carbocycles. The van der Waals surface area contributed by atoms with Crippen LogP contribution in [-0.2, 0) is 19.6 Å². The van der Waals surface area contributed by atoms with Crippen LogP contribution in [-0.4, -0.2) is 27.8 Å². The van der Waals surface area contributed by atoms with E-state index in [1.807, 2.05) is 6.07 Å². The number of ether oxygens (including phenoxy) is 2. The topological polar surface area (TPSA) is 119 Å². The number of hydrogen-bond donors (Lipinski definition) is 1. The van der Waals surface area contributed by atoms with Crippen molar-refractivity contribution >= 4 is 33.3 Å². The van der Waals surface area contributed by atoms with Gasteiger partial charge < -0.3 is 13.9 Å². The van der Waals surface area contributed by atoms with E-state index < -0.39 is 16.0 Å². The standard InChI is InChI=1S/C18H14N2O6S/c1-24-15-6-5-11(8-14(15)20-27(2,22)23)17-13(10-19)18(21)26-16(17)9-12-4-3-7-25-12/h3-9,20H,1-2H3. The monoisotopic (exact) mass is 386 g/mol. The first-order valence-electron chi connectivity index (χ1n) is 7.60. The first-order valence-corrected chi connectivity index (χ1v) is 9.50. The van der Waals surface area contributed by atoms with Crippen molar-refractivity contribution in [1.82, 2.24) is 0 Å². The molecule has 0 aliphatic carbocycles. The maximum Gasteiger partial charge on any atom is 0.355 e. The van der Waals surface area contributed by atoms with Gasteiger partial charge >= 0.3 is 5.97 Å². The summed E-state index contributed by atoms with van der Waals surface area (Å²) in [4.78, 5) is 12.1. The summed E-state index contributed by atoms with van der Waals surface area (Å²) in [5.74, 6) is 0.0447. The number of rotatable bonds is 5. The number of furan rings is 1. The molecule has 0 saturated heterocycles. The number of hydrogen-bond acceptors (Lipinski definition) is 7. The van der Waals surface area contributed by atoms with E-state index in [1.165, 1.54) is 31.6 Å². The van der Waals surface area contributed by atoms with Crippen LogP contribution in [0.1, 0.15) is 11.3 Å². The lowest BCUT2D eigenvalue weighted by atomic mass is 9.99. The van der Waals surface area contributed by atoms with Gasteiger partial charge in [-0.15, -0.1) is 0 Å². The highest BCUT2D eigenvalue weighted by molar-refractivity contribution is 7.92. The first-order chi connectivity index (χ1) is 12.8. The quantitative estimate of drug-likeness (QED) is 0.784. The molecule has 1 aromatic heterocycles. The zero-order valence-corrected chi connectivity index (χ0v) is 15.2. The Labute approximate surface area is 155 Å². The highest BCUT2D eigenvalue weighted by Crippen LogP contribution is 2.38. The van der Waals surface area contributed by atoms with E-state index in [2.05, 4.69) is 4.72 Å². The number of esters is 1. The summed E-state index contributed by atoms with van der Waals surface area (Å²) < 4.78 is 41.2. The van der Waals surface area contributed by atoms with Gasteiger partial charge in [0, 0.05) is 6.08 Å². The van der Waals surface area contributed by atoms with Gasteiger partial charge in [0.25, 0.3) is 0 Å². The lowest BCUT2D eigenvalue weighted by Gasteiger charge is -2.12. The van der Waals surface area contributed by atoms with Crippen LogP contribution in [0.3, 0.4) is 0 Å². The summed E-state index contributed by atoms with van der Waals surface area (Å²) in [6, 6.07) is 9.74. The number of nitriles is 1. The Morgan fingerprint density at radius 3 is 2.67 bits per heavy atom. The molecule has 2 heterocycles. The van der Waals surface area contributed by atoms with Crippen molar-refractivity contribution in [2.75, 3.05) is 18.1 Å². The van der Waals surface area contributed by atoms with E-state index in [4.69, 9.17) is 13.9 Å². The summed E-state index contributed by atoms with van der Waals surface area (Å²) in [5.41, 5.74) is 0.613. The minimum absolute atomic E-state index is 0.127. The number of benzene rings is 1. The van der Waals surface area contributed by atoms with Crippen LogP contribution < -0.4 is 9.46 Å². The van der Waals surface area contributed by atoms with Gasteiger partial charge in [-0.05, 0) is 29.8 Å². The average Bonchev–Trinajstić information content (AvgIpc) is 3.21. The van der Waals surface area contributed by atoms with Gasteiger partial charge in [-0.25, -0.2) is 13.2 Å². The molecule has 0 unspecified atom stereocenters. The molecule has 27 heavy (non-hydrogen) atoms. The summed E-state index contributed by atoms with van der Waals surface area (Å²) in [5, 5.41) is 9.37. The Bertz CT molecular complexity index is 1110. The zero-order chi connectivity index (χ0) is 19.6. The molecule has 1 aliphatic rings. The molecule has 0 amide bonds. The van der Waals surface area contributed by atoms with Crippen LogP contribution in [0.15, 0.2) is 52.3 Å². The van der Waals surface area contributed by atoms with Gasteiger partial charge in [0.2, 0.25) is 10.0 Å². The minimum Gasteiger partial charge on any atom is -0.495 e. The smallest absolute Gasteiger partial charge is 0.355 e. The highest BCUT2D eigenvalue weighted by atomic mass is 32.2. The van der Waals surface area contributed by atoms with Gasteiger partial charge in [0.1, 0.15) is 28.9 Å². The first kappa shape index (κ1) is 18.3. The lowest BCUT2D eigenvalue weighted by molar-refractivity contribution is -0.132. The molecule has 0 fully saturated rings. The molecule has 0 radical (unpaired) electrons. The number of methoxy groups -OCH3 is 1. The third-order valence-electron chi connectivity index (χ3n) is 3.62. The number of cyclic esters (lactones) is 1. The van der Waals surface area contributed by atoms with Gasteiger partial charge in [0.15, 0.2) is 0 Å². The number of carbonyl (C=O) groups excluding carboxylic acids is 1. The minimum atomic E-state index is -3.57. The predicted octanol–water partition coefficient (Wildman–Crippen LogP) is 2.53. The summed E-state index contributed by atoms with van der Waals surface area (Å²) in [7, 11) is -2.18. The second-order valence-corrected chi connectivity index (χ2v) is 7.31. The number of anilines is 1. The van der Waals surface area contributed by atoms with Crippen molar-refractivity contribution < 1.29 is 27.1 Å². The number of nitrogens with one attached hydrogen (secondary N) is 1. The molecule has 0 atom stereocenters. The average molecular weight is 386 g/mol. The van der Waals surface area contributed by atoms with Gasteiger partial charge in [-0.3, -0.25) is 4.72 Å². The fourth-order valence-electron chi connectivity index (χ4n) is 2.56. The van der Waals surface area contributed by atoms with E-state index in [0.29, 0.717) is 11.3 Å². The molecule has 8 nitrogen and oxygen atoms in total. The maximum atomic E-state index is 12.1. The molecule has 1 aliphatic heterocycles. The second kappa shape index (κ2) is 7.01. The van der Waals surface area contributed by atoms with Crippen LogP contribution in [0, 0.1) is 11.3 Å². The van der Waals surface area contributed by atoms with Gasteiger partial charge in [-0.1, -0.05) is 6.07 Å². The second-order valence-electron chi connectivity index (χ2n) is 5.56. The SMILES string of the molecule is COc1ccc(C2=C(C#N)C(=O)OC2=Cc2ccco2)cc1NS(C)(=O)=O. The maximum absolute atomic E-state index is 12.1. The molecule has 2 aromatic rings. The number of sulfonamides is 1. The van der Waals surface area contributed by atoms with Crippen LogP contribution in [0.2, 0.25) is 0 Å². The fraction of sp³-hybridized carbons (Fsp3) is 0.111. The molecule has 3 rings (SSSR count). The highest BCUT2D eigenvalue weighted by Gasteiger charge is 2.32. The van der Waals surface area contributed by atoms with E-state index in [9.17, 15) is 18.5 Å². The Balaban J connectivity index is 2.16. The van der Waals surface area contributed by atoms with Crippen molar-refractivity contribution in [2.24, 2.45) is 0 Å². The molecule has 0 spiro atoms. The van der Waals surface area contributed by atoms with Crippen molar-refractivity contribution in [3.8, 4) is 11.8 Å².